The lowest BCUT2D eigenvalue weighted by atomic mass is 10.2. The van der Waals surface area contributed by atoms with E-state index in [4.69, 9.17) is 26.8 Å². The summed E-state index contributed by atoms with van der Waals surface area (Å²) in [5.74, 6) is -0.356. The van der Waals surface area contributed by atoms with Crippen molar-refractivity contribution >= 4 is 29.1 Å². The Hall–Kier alpha value is -2.73. The van der Waals surface area contributed by atoms with Crippen LogP contribution < -0.4 is 20.5 Å². The number of aryl methyl sites for hydroxylation is 1. The summed E-state index contributed by atoms with van der Waals surface area (Å²) in [5.41, 5.74) is 6.94. The van der Waals surface area contributed by atoms with E-state index in [9.17, 15) is 9.59 Å². The van der Waals surface area contributed by atoms with Crippen LogP contribution in [-0.2, 0) is 4.79 Å². The highest BCUT2D eigenvalue weighted by atomic mass is 35.5. The SMILES string of the molecule is COc1ccc(C)cc1NC(=O)[C@@H](C)Oc1ccc(Cl)cc1C(N)=O. The Balaban J connectivity index is 2.17. The first kappa shape index (κ1) is 18.6. The average Bonchev–Trinajstić information content (AvgIpc) is 2.56. The summed E-state index contributed by atoms with van der Waals surface area (Å²) in [4.78, 5) is 23.9. The van der Waals surface area contributed by atoms with Crippen molar-refractivity contribution in [3.63, 3.8) is 0 Å². The van der Waals surface area contributed by atoms with E-state index in [1.807, 2.05) is 13.0 Å². The van der Waals surface area contributed by atoms with Gasteiger partial charge in [0.2, 0.25) is 0 Å². The van der Waals surface area contributed by atoms with E-state index in [1.165, 1.54) is 19.2 Å². The summed E-state index contributed by atoms with van der Waals surface area (Å²) in [7, 11) is 1.52. The van der Waals surface area contributed by atoms with Crippen LogP contribution in [0.1, 0.15) is 22.8 Å². The van der Waals surface area contributed by atoms with Gasteiger partial charge in [0.15, 0.2) is 6.10 Å². The van der Waals surface area contributed by atoms with Gasteiger partial charge in [0.1, 0.15) is 11.5 Å². The molecular weight excluding hydrogens is 344 g/mol. The number of nitrogens with one attached hydrogen (secondary N) is 1. The van der Waals surface area contributed by atoms with Crippen molar-refractivity contribution in [1.29, 1.82) is 0 Å². The van der Waals surface area contributed by atoms with Gasteiger partial charge in [-0.2, -0.15) is 0 Å². The smallest absolute Gasteiger partial charge is 0.265 e. The molecule has 0 fully saturated rings. The number of carbonyl (C=O) groups excluding carboxylic acids is 2. The maximum absolute atomic E-state index is 12.4. The number of halogens is 1. The van der Waals surface area contributed by atoms with E-state index in [0.29, 0.717) is 16.5 Å². The molecule has 0 saturated carbocycles. The molecule has 0 saturated heterocycles. The number of carbonyl (C=O) groups is 2. The second-order valence-electron chi connectivity index (χ2n) is 5.46. The van der Waals surface area contributed by atoms with E-state index in [2.05, 4.69) is 5.32 Å². The zero-order valence-electron chi connectivity index (χ0n) is 14.1. The third-order valence-corrected chi connectivity index (χ3v) is 3.73. The number of hydrogen-bond acceptors (Lipinski definition) is 4. The van der Waals surface area contributed by atoms with Crippen molar-refractivity contribution in [3.05, 3.63) is 52.5 Å². The van der Waals surface area contributed by atoms with Crippen LogP contribution in [0.5, 0.6) is 11.5 Å². The Morgan fingerprint density at radius 3 is 2.48 bits per heavy atom. The third kappa shape index (κ3) is 4.64. The maximum atomic E-state index is 12.4. The highest BCUT2D eigenvalue weighted by molar-refractivity contribution is 6.31. The first-order valence-corrected chi connectivity index (χ1v) is 7.91. The molecule has 7 heteroatoms. The fourth-order valence-electron chi connectivity index (χ4n) is 2.20. The molecule has 0 aliphatic rings. The molecule has 2 rings (SSSR count). The predicted molar refractivity (Wildman–Crippen MR) is 96.4 cm³/mol. The molecule has 0 heterocycles. The fourth-order valence-corrected chi connectivity index (χ4v) is 2.37. The number of nitrogens with two attached hydrogens (primary N) is 1. The quantitative estimate of drug-likeness (QED) is 0.825. The van der Waals surface area contributed by atoms with Crippen molar-refractivity contribution < 1.29 is 19.1 Å². The molecule has 0 bridgehead atoms. The molecule has 1 atom stereocenters. The van der Waals surface area contributed by atoms with Crippen LogP contribution in [0.3, 0.4) is 0 Å². The van der Waals surface area contributed by atoms with Crippen molar-refractivity contribution in [3.8, 4) is 11.5 Å². The van der Waals surface area contributed by atoms with Crippen LogP contribution in [0.4, 0.5) is 5.69 Å². The minimum atomic E-state index is -0.871. The highest BCUT2D eigenvalue weighted by Crippen LogP contribution is 2.27. The summed E-state index contributed by atoms with van der Waals surface area (Å²) in [6.45, 7) is 3.47. The zero-order valence-corrected chi connectivity index (χ0v) is 14.9. The summed E-state index contributed by atoms with van der Waals surface area (Å²) in [5, 5.41) is 3.10. The van der Waals surface area contributed by atoms with Crippen LogP contribution in [0.15, 0.2) is 36.4 Å². The van der Waals surface area contributed by atoms with Gasteiger partial charge in [-0.25, -0.2) is 0 Å². The molecule has 0 aliphatic heterocycles. The largest absolute Gasteiger partial charge is 0.495 e. The standard InChI is InChI=1S/C18H19ClN2O4/c1-10-4-6-16(24-3)14(8-10)21-18(23)11(2)25-15-7-5-12(19)9-13(15)17(20)22/h4-9,11H,1-3H3,(H2,20,22)(H,21,23)/t11-/m1/s1. The molecule has 0 spiro atoms. The topological polar surface area (TPSA) is 90.7 Å². The number of ether oxygens (including phenoxy) is 2. The summed E-state index contributed by atoms with van der Waals surface area (Å²) >= 11 is 5.86. The van der Waals surface area contributed by atoms with Crippen molar-refractivity contribution in [2.75, 3.05) is 12.4 Å². The fraction of sp³-hybridized carbons (Fsp3) is 0.222. The molecule has 0 aliphatic carbocycles. The van der Waals surface area contributed by atoms with Gasteiger partial charge >= 0.3 is 0 Å². The monoisotopic (exact) mass is 362 g/mol. The number of benzene rings is 2. The van der Waals surface area contributed by atoms with Gasteiger partial charge in [0.05, 0.1) is 18.4 Å². The lowest BCUT2D eigenvalue weighted by Gasteiger charge is -2.18. The minimum Gasteiger partial charge on any atom is -0.495 e. The highest BCUT2D eigenvalue weighted by Gasteiger charge is 2.19. The Labute approximate surface area is 150 Å². The van der Waals surface area contributed by atoms with Crippen LogP contribution in [-0.4, -0.2) is 25.0 Å². The molecule has 6 nitrogen and oxygen atoms in total. The van der Waals surface area contributed by atoms with Crippen molar-refractivity contribution in [2.24, 2.45) is 5.73 Å². The Kier molecular flexibility index (Phi) is 5.88. The average molecular weight is 363 g/mol. The van der Waals surface area contributed by atoms with Gasteiger partial charge in [0, 0.05) is 5.02 Å². The van der Waals surface area contributed by atoms with Crippen LogP contribution in [0.2, 0.25) is 5.02 Å². The summed E-state index contributed by atoms with van der Waals surface area (Å²) < 4.78 is 10.8. The van der Waals surface area contributed by atoms with Crippen LogP contribution in [0.25, 0.3) is 0 Å². The van der Waals surface area contributed by atoms with Gasteiger partial charge in [-0.05, 0) is 49.7 Å². The van der Waals surface area contributed by atoms with Gasteiger partial charge in [-0.1, -0.05) is 17.7 Å². The number of rotatable bonds is 6. The van der Waals surface area contributed by atoms with Crippen LogP contribution >= 0.6 is 11.6 Å². The zero-order chi connectivity index (χ0) is 18.6. The molecule has 0 radical (unpaired) electrons. The van der Waals surface area contributed by atoms with Gasteiger partial charge < -0.3 is 20.5 Å². The number of hydrogen-bond donors (Lipinski definition) is 2. The first-order valence-electron chi connectivity index (χ1n) is 7.53. The number of methoxy groups -OCH3 is 1. The van der Waals surface area contributed by atoms with Gasteiger partial charge in [-0.3, -0.25) is 9.59 Å². The third-order valence-electron chi connectivity index (χ3n) is 3.49. The van der Waals surface area contributed by atoms with Crippen molar-refractivity contribution in [1.82, 2.24) is 0 Å². The van der Waals surface area contributed by atoms with Crippen molar-refractivity contribution in [2.45, 2.75) is 20.0 Å². The Morgan fingerprint density at radius 1 is 1.16 bits per heavy atom. The minimum absolute atomic E-state index is 0.111. The van der Waals surface area contributed by atoms with Gasteiger partial charge in [-0.15, -0.1) is 0 Å². The Morgan fingerprint density at radius 2 is 1.84 bits per heavy atom. The number of amides is 2. The lowest BCUT2D eigenvalue weighted by Crippen LogP contribution is -2.31. The molecule has 2 aromatic rings. The normalized spacial score (nSPS) is 11.5. The summed E-state index contributed by atoms with van der Waals surface area (Å²) in [6, 6.07) is 9.88. The molecule has 3 N–H and O–H groups in total. The lowest BCUT2D eigenvalue weighted by molar-refractivity contribution is -0.122. The number of anilines is 1. The molecule has 2 amide bonds. The molecule has 0 aromatic heterocycles. The van der Waals surface area contributed by atoms with E-state index in [-0.39, 0.29) is 11.3 Å². The first-order chi connectivity index (χ1) is 11.8. The van der Waals surface area contributed by atoms with Crippen LogP contribution in [0, 0.1) is 6.92 Å². The predicted octanol–water partition coefficient (Wildman–Crippen LogP) is 3.16. The van der Waals surface area contributed by atoms with E-state index < -0.39 is 17.9 Å². The van der Waals surface area contributed by atoms with E-state index in [1.54, 1.807) is 25.1 Å². The second kappa shape index (κ2) is 7.90. The molecular formula is C18H19ClN2O4. The Bertz CT molecular complexity index is 808. The van der Waals surface area contributed by atoms with E-state index in [0.717, 1.165) is 5.56 Å². The molecule has 0 unspecified atom stereocenters. The number of primary amides is 1. The molecule has 2 aromatic carbocycles. The maximum Gasteiger partial charge on any atom is 0.265 e. The second-order valence-corrected chi connectivity index (χ2v) is 5.89. The molecule has 132 valence electrons. The van der Waals surface area contributed by atoms with E-state index >= 15 is 0 Å². The molecule has 25 heavy (non-hydrogen) atoms. The summed E-state index contributed by atoms with van der Waals surface area (Å²) in [6.07, 6.45) is -0.871. The van der Waals surface area contributed by atoms with Gasteiger partial charge in [0.25, 0.3) is 11.8 Å².